The van der Waals surface area contributed by atoms with Crippen LogP contribution in [0.25, 0.3) is 0 Å². The van der Waals surface area contributed by atoms with E-state index < -0.39 is 0 Å². The molecule has 0 saturated heterocycles. The van der Waals surface area contributed by atoms with Crippen LogP contribution in [0.15, 0.2) is 24.3 Å². The molecule has 0 aromatic heterocycles. The van der Waals surface area contributed by atoms with E-state index in [0.29, 0.717) is 13.0 Å². The van der Waals surface area contributed by atoms with Crippen molar-refractivity contribution >= 4 is 5.91 Å². The summed E-state index contributed by atoms with van der Waals surface area (Å²) in [5.41, 5.74) is 6.20. The maximum absolute atomic E-state index is 11.9. The van der Waals surface area contributed by atoms with E-state index in [4.69, 9.17) is 5.73 Å². The Hall–Kier alpha value is -1.55. The van der Waals surface area contributed by atoms with Crippen molar-refractivity contribution in [2.24, 2.45) is 5.73 Å². The van der Waals surface area contributed by atoms with Gasteiger partial charge in [-0.15, -0.1) is 0 Å². The summed E-state index contributed by atoms with van der Waals surface area (Å²) >= 11 is 0. The van der Waals surface area contributed by atoms with Crippen LogP contribution in [0.2, 0.25) is 0 Å². The summed E-state index contributed by atoms with van der Waals surface area (Å²) in [7, 11) is 1.77. The predicted octanol–water partition coefficient (Wildman–Crippen LogP) is 2.26. The highest BCUT2D eigenvalue weighted by molar-refractivity contribution is 5.75. The van der Waals surface area contributed by atoms with Gasteiger partial charge in [-0.2, -0.15) is 0 Å². The fourth-order valence-corrected chi connectivity index (χ4v) is 1.95. The zero-order valence-corrected chi connectivity index (χ0v) is 11.6. The summed E-state index contributed by atoms with van der Waals surface area (Å²) in [5, 5.41) is 9.66. The summed E-state index contributed by atoms with van der Waals surface area (Å²) in [6.45, 7) is 1.18. The molecule has 0 spiro atoms. The minimum Gasteiger partial charge on any atom is -0.508 e. The second-order valence-electron chi connectivity index (χ2n) is 4.83. The molecule has 1 rings (SSSR count). The van der Waals surface area contributed by atoms with Crippen LogP contribution in [0, 0.1) is 0 Å². The topological polar surface area (TPSA) is 66.6 Å². The normalized spacial score (nSPS) is 10.4. The Morgan fingerprint density at radius 3 is 2.58 bits per heavy atom. The number of amides is 1. The van der Waals surface area contributed by atoms with Gasteiger partial charge in [0.2, 0.25) is 5.91 Å². The average Bonchev–Trinajstić information content (AvgIpc) is 2.41. The Bertz CT molecular complexity index is 393. The van der Waals surface area contributed by atoms with Crippen LogP contribution < -0.4 is 5.73 Å². The summed E-state index contributed by atoms with van der Waals surface area (Å²) in [6.07, 6.45) is 4.64. The molecule has 0 aliphatic heterocycles. The lowest BCUT2D eigenvalue weighted by atomic mass is 10.1. The number of phenols is 1. The number of nitrogens with two attached hydrogens (primary N) is 1. The van der Waals surface area contributed by atoms with Crippen molar-refractivity contribution in [2.45, 2.75) is 38.6 Å². The minimum absolute atomic E-state index is 0.121. The molecular formula is C15H24N2O2. The molecule has 0 saturated carbocycles. The first kappa shape index (κ1) is 15.5. The van der Waals surface area contributed by atoms with Crippen molar-refractivity contribution < 1.29 is 9.90 Å². The number of hydrogen-bond donors (Lipinski definition) is 2. The van der Waals surface area contributed by atoms with Crippen molar-refractivity contribution in [3.63, 3.8) is 0 Å². The van der Waals surface area contributed by atoms with Crippen molar-refractivity contribution in [3.05, 3.63) is 29.8 Å². The smallest absolute Gasteiger partial charge is 0.222 e. The number of benzene rings is 1. The van der Waals surface area contributed by atoms with Crippen molar-refractivity contribution in [1.29, 1.82) is 0 Å². The molecule has 0 unspecified atom stereocenters. The number of phenolic OH excluding ortho intramolecular Hbond substituents is 1. The first-order valence-electron chi connectivity index (χ1n) is 6.86. The number of unbranched alkanes of at least 4 members (excludes halogenated alkanes) is 3. The molecule has 0 bridgehead atoms. The van der Waals surface area contributed by atoms with Crippen LogP contribution in [-0.4, -0.2) is 29.5 Å². The summed E-state index contributed by atoms with van der Waals surface area (Å²) in [6, 6.07) is 7.11. The van der Waals surface area contributed by atoms with E-state index in [2.05, 4.69) is 0 Å². The lowest BCUT2D eigenvalue weighted by molar-refractivity contribution is -0.130. The van der Waals surface area contributed by atoms with Crippen LogP contribution in [0.3, 0.4) is 0 Å². The van der Waals surface area contributed by atoms with Crippen LogP contribution >= 0.6 is 0 Å². The van der Waals surface area contributed by atoms with Gasteiger partial charge in [0.15, 0.2) is 0 Å². The third kappa shape index (κ3) is 5.75. The van der Waals surface area contributed by atoms with Crippen LogP contribution in [0.5, 0.6) is 5.75 Å². The number of carbonyl (C=O) groups is 1. The number of para-hydroxylation sites is 1. The average molecular weight is 264 g/mol. The summed E-state index contributed by atoms with van der Waals surface area (Å²) < 4.78 is 0. The predicted molar refractivity (Wildman–Crippen MR) is 76.7 cm³/mol. The molecule has 0 fully saturated rings. The molecule has 0 radical (unpaired) electrons. The van der Waals surface area contributed by atoms with E-state index >= 15 is 0 Å². The van der Waals surface area contributed by atoms with Crippen molar-refractivity contribution in [1.82, 2.24) is 4.90 Å². The Morgan fingerprint density at radius 1 is 1.21 bits per heavy atom. The van der Waals surface area contributed by atoms with Gasteiger partial charge < -0.3 is 15.7 Å². The second-order valence-corrected chi connectivity index (χ2v) is 4.83. The highest BCUT2D eigenvalue weighted by Gasteiger charge is 2.10. The first-order chi connectivity index (χ1) is 9.15. The molecule has 0 aliphatic rings. The van der Waals surface area contributed by atoms with Crippen LogP contribution in [0.1, 0.15) is 37.7 Å². The molecule has 1 aromatic rings. The van der Waals surface area contributed by atoms with E-state index in [-0.39, 0.29) is 11.7 Å². The molecule has 106 valence electrons. The molecule has 0 atom stereocenters. The van der Waals surface area contributed by atoms with Crippen LogP contribution in [-0.2, 0) is 11.3 Å². The number of rotatable bonds is 8. The molecule has 1 aromatic carbocycles. The Labute approximate surface area is 115 Å². The molecule has 3 N–H and O–H groups in total. The summed E-state index contributed by atoms with van der Waals surface area (Å²) in [4.78, 5) is 13.6. The Balaban J connectivity index is 2.31. The lowest BCUT2D eigenvalue weighted by Gasteiger charge is -2.17. The van der Waals surface area contributed by atoms with E-state index in [0.717, 1.165) is 37.8 Å². The van der Waals surface area contributed by atoms with Gasteiger partial charge in [-0.1, -0.05) is 31.0 Å². The number of nitrogens with zero attached hydrogens (tertiary/aromatic N) is 1. The monoisotopic (exact) mass is 264 g/mol. The molecule has 4 heteroatoms. The second kappa shape index (κ2) is 8.53. The molecule has 4 nitrogen and oxygen atoms in total. The third-order valence-electron chi connectivity index (χ3n) is 3.17. The number of hydrogen-bond acceptors (Lipinski definition) is 3. The van der Waals surface area contributed by atoms with Gasteiger partial charge in [0, 0.05) is 25.6 Å². The van der Waals surface area contributed by atoms with E-state index in [9.17, 15) is 9.90 Å². The van der Waals surface area contributed by atoms with Crippen molar-refractivity contribution in [3.8, 4) is 5.75 Å². The van der Waals surface area contributed by atoms with Crippen molar-refractivity contribution in [2.75, 3.05) is 13.6 Å². The van der Waals surface area contributed by atoms with Gasteiger partial charge >= 0.3 is 0 Å². The van der Waals surface area contributed by atoms with Gasteiger partial charge in [-0.25, -0.2) is 0 Å². The zero-order chi connectivity index (χ0) is 14.1. The maximum Gasteiger partial charge on any atom is 0.222 e. The Morgan fingerprint density at radius 2 is 1.89 bits per heavy atom. The molecule has 19 heavy (non-hydrogen) atoms. The van der Waals surface area contributed by atoms with Gasteiger partial charge in [0.25, 0.3) is 0 Å². The largest absolute Gasteiger partial charge is 0.508 e. The van der Waals surface area contributed by atoms with E-state index in [1.54, 1.807) is 24.1 Å². The standard InChI is InChI=1S/C15H24N2O2/c1-17(12-13-8-5-6-9-14(13)18)15(19)10-4-2-3-7-11-16/h5-6,8-9,18H,2-4,7,10-12,16H2,1H3. The fraction of sp³-hybridized carbons (Fsp3) is 0.533. The van der Waals surface area contributed by atoms with Gasteiger partial charge in [-0.3, -0.25) is 4.79 Å². The van der Waals surface area contributed by atoms with E-state index in [1.807, 2.05) is 12.1 Å². The first-order valence-corrected chi connectivity index (χ1v) is 6.86. The molecule has 1 amide bonds. The van der Waals surface area contributed by atoms with Gasteiger partial charge in [0.1, 0.15) is 5.75 Å². The third-order valence-corrected chi connectivity index (χ3v) is 3.17. The number of aromatic hydroxyl groups is 1. The highest BCUT2D eigenvalue weighted by Crippen LogP contribution is 2.17. The fourth-order valence-electron chi connectivity index (χ4n) is 1.95. The Kier molecular flexibility index (Phi) is 6.97. The maximum atomic E-state index is 11.9. The highest BCUT2D eigenvalue weighted by atomic mass is 16.3. The van der Waals surface area contributed by atoms with Crippen LogP contribution in [0.4, 0.5) is 0 Å². The van der Waals surface area contributed by atoms with E-state index in [1.165, 1.54) is 0 Å². The van der Waals surface area contributed by atoms with Gasteiger partial charge in [0.05, 0.1) is 0 Å². The van der Waals surface area contributed by atoms with Gasteiger partial charge in [-0.05, 0) is 25.5 Å². The number of carbonyl (C=O) groups excluding carboxylic acids is 1. The SMILES string of the molecule is CN(Cc1ccccc1O)C(=O)CCCCCCN. The molecule has 0 heterocycles. The molecular weight excluding hydrogens is 240 g/mol. The zero-order valence-electron chi connectivity index (χ0n) is 11.6. The summed E-state index contributed by atoms with van der Waals surface area (Å²) in [5.74, 6) is 0.362. The lowest BCUT2D eigenvalue weighted by Crippen LogP contribution is -2.25. The quantitative estimate of drug-likeness (QED) is 0.708. The minimum atomic E-state index is 0.121. The molecule has 0 aliphatic carbocycles.